The van der Waals surface area contributed by atoms with Crippen LogP contribution in [-0.4, -0.2) is 37.6 Å². The predicted molar refractivity (Wildman–Crippen MR) is 93.4 cm³/mol. The molecule has 2 atom stereocenters. The van der Waals surface area contributed by atoms with Gasteiger partial charge in [-0.2, -0.15) is 0 Å². The molecule has 1 heterocycles. The smallest absolute Gasteiger partial charge is 0.239 e. The molecule has 23 heavy (non-hydrogen) atoms. The lowest BCUT2D eigenvalue weighted by Crippen LogP contribution is -2.43. The van der Waals surface area contributed by atoms with E-state index in [0.717, 1.165) is 49.3 Å². The van der Waals surface area contributed by atoms with Crippen molar-refractivity contribution in [2.24, 2.45) is 5.73 Å². The van der Waals surface area contributed by atoms with Gasteiger partial charge in [0.05, 0.1) is 26.3 Å². The van der Waals surface area contributed by atoms with Crippen molar-refractivity contribution in [3.05, 3.63) is 23.8 Å². The Labute approximate surface area is 144 Å². The molecule has 1 saturated heterocycles. The summed E-state index contributed by atoms with van der Waals surface area (Å²) in [5, 5.41) is 0. The first-order chi connectivity index (χ1) is 10.6. The van der Waals surface area contributed by atoms with Gasteiger partial charge < -0.3 is 20.1 Å². The third-order valence-electron chi connectivity index (χ3n) is 4.25. The van der Waals surface area contributed by atoms with Gasteiger partial charge in [-0.3, -0.25) is 4.79 Å². The van der Waals surface area contributed by atoms with Crippen molar-refractivity contribution in [1.82, 2.24) is 4.90 Å². The van der Waals surface area contributed by atoms with E-state index in [1.54, 1.807) is 14.2 Å². The van der Waals surface area contributed by atoms with E-state index in [1.165, 1.54) is 0 Å². The number of nitrogens with two attached hydrogens (primary N) is 1. The molecule has 6 heteroatoms. The average molecular weight is 343 g/mol. The summed E-state index contributed by atoms with van der Waals surface area (Å²) in [6, 6.07) is 5.39. The van der Waals surface area contributed by atoms with Crippen LogP contribution in [0.2, 0.25) is 0 Å². The van der Waals surface area contributed by atoms with E-state index in [1.807, 2.05) is 30.0 Å². The number of ether oxygens (including phenoxy) is 2. The number of carbonyl (C=O) groups is 1. The molecule has 1 aliphatic rings. The van der Waals surface area contributed by atoms with Crippen molar-refractivity contribution < 1.29 is 14.3 Å². The molecule has 1 aromatic carbocycles. The molecule has 1 amide bonds. The predicted octanol–water partition coefficient (Wildman–Crippen LogP) is 2.92. The Hall–Kier alpha value is -1.46. The first kappa shape index (κ1) is 19.6. The van der Waals surface area contributed by atoms with Crippen molar-refractivity contribution >= 4 is 18.3 Å². The van der Waals surface area contributed by atoms with Gasteiger partial charge in [0.25, 0.3) is 0 Å². The molecule has 2 unspecified atom stereocenters. The minimum absolute atomic E-state index is 0. The van der Waals surface area contributed by atoms with Crippen LogP contribution in [0.15, 0.2) is 18.2 Å². The number of nitrogens with zero attached hydrogens (tertiary/aromatic N) is 1. The summed E-state index contributed by atoms with van der Waals surface area (Å²) in [5.41, 5.74) is 7.05. The van der Waals surface area contributed by atoms with Gasteiger partial charge in [0.2, 0.25) is 5.91 Å². The molecule has 1 aliphatic heterocycles. The van der Waals surface area contributed by atoms with E-state index in [0.29, 0.717) is 0 Å². The zero-order valence-corrected chi connectivity index (χ0v) is 14.9. The highest BCUT2D eigenvalue weighted by molar-refractivity contribution is 5.85. The number of halogens is 1. The van der Waals surface area contributed by atoms with Crippen LogP contribution in [0.3, 0.4) is 0 Å². The van der Waals surface area contributed by atoms with Crippen molar-refractivity contribution in [3.8, 4) is 11.5 Å². The summed E-state index contributed by atoms with van der Waals surface area (Å²) in [7, 11) is 3.27. The van der Waals surface area contributed by atoms with Gasteiger partial charge in [0.1, 0.15) is 11.5 Å². The SMILES string of the molecule is CCCC(N)C(=O)N1CCCC1c1ccc(OC)cc1OC.Cl. The number of methoxy groups -OCH3 is 2. The maximum Gasteiger partial charge on any atom is 0.239 e. The molecule has 1 fully saturated rings. The van der Waals surface area contributed by atoms with E-state index in [2.05, 4.69) is 0 Å². The third-order valence-corrected chi connectivity index (χ3v) is 4.25. The van der Waals surface area contributed by atoms with Crippen LogP contribution in [-0.2, 0) is 4.79 Å². The zero-order valence-electron chi connectivity index (χ0n) is 14.1. The number of rotatable bonds is 6. The van der Waals surface area contributed by atoms with Crippen molar-refractivity contribution in [3.63, 3.8) is 0 Å². The third kappa shape index (κ3) is 4.30. The molecule has 2 N–H and O–H groups in total. The first-order valence-corrected chi connectivity index (χ1v) is 7.90. The van der Waals surface area contributed by atoms with Crippen LogP contribution in [0.25, 0.3) is 0 Å². The number of likely N-dealkylation sites (tertiary alicyclic amines) is 1. The van der Waals surface area contributed by atoms with E-state index >= 15 is 0 Å². The minimum Gasteiger partial charge on any atom is -0.497 e. The van der Waals surface area contributed by atoms with E-state index in [4.69, 9.17) is 15.2 Å². The lowest BCUT2D eigenvalue weighted by molar-refractivity contribution is -0.133. The van der Waals surface area contributed by atoms with Gasteiger partial charge in [0, 0.05) is 18.2 Å². The monoisotopic (exact) mass is 342 g/mol. The fourth-order valence-corrected chi connectivity index (χ4v) is 3.10. The van der Waals surface area contributed by atoms with Crippen LogP contribution in [0, 0.1) is 0 Å². The van der Waals surface area contributed by atoms with Gasteiger partial charge in [-0.1, -0.05) is 13.3 Å². The number of benzene rings is 1. The summed E-state index contributed by atoms with van der Waals surface area (Å²) in [5.74, 6) is 1.55. The molecule has 0 saturated carbocycles. The van der Waals surface area contributed by atoms with Crippen molar-refractivity contribution in [2.75, 3.05) is 20.8 Å². The lowest BCUT2D eigenvalue weighted by atomic mass is 10.0. The first-order valence-electron chi connectivity index (χ1n) is 7.90. The van der Waals surface area contributed by atoms with Crippen LogP contribution < -0.4 is 15.2 Å². The van der Waals surface area contributed by atoms with Crippen molar-refractivity contribution in [1.29, 1.82) is 0 Å². The Balaban J connectivity index is 0.00000264. The number of hydrogen-bond acceptors (Lipinski definition) is 4. The summed E-state index contributed by atoms with van der Waals surface area (Å²) < 4.78 is 10.7. The fourth-order valence-electron chi connectivity index (χ4n) is 3.10. The zero-order chi connectivity index (χ0) is 16.1. The van der Waals surface area contributed by atoms with Gasteiger partial charge in [-0.05, 0) is 31.4 Å². The second-order valence-electron chi connectivity index (χ2n) is 5.69. The number of amides is 1. The fraction of sp³-hybridized carbons (Fsp3) is 0.588. The second kappa shape index (κ2) is 8.99. The number of carbonyl (C=O) groups excluding carboxylic acids is 1. The molecule has 1 aromatic rings. The molecule has 0 bridgehead atoms. The normalized spacial score (nSPS) is 18.3. The Morgan fingerprint density at radius 3 is 2.74 bits per heavy atom. The summed E-state index contributed by atoms with van der Waals surface area (Å²) in [4.78, 5) is 14.5. The molecular weight excluding hydrogens is 316 g/mol. The highest BCUT2D eigenvalue weighted by atomic mass is 35.5. The Kier molecular flexibility index (Phi) is 7.65. The van der Waals surface area contributed by atoms with Gasteiger partial charge in [-0.25, -0.2) is 0 Å². The molecule has 0 spiro atoms. The molecule has 130 valence electrons. The maximum absolute atomic E-state index is 12.6. The number of hydrogen-bond donors (Lipinski definition) is 1. The van der Waals surface area contributed by atoms with Gasteiger partial charge in [0.15, 0.2) is 0 Å². The molecular formula is C17H27ClN2O3. The van der Waals surface area contributed by atoms with E-state index in [9.17, 15) is 4.79 Å². The summed E-state index contributed by atoms with van der Waals surface area (Å²) >= 11 is 0. The van der Waals surface area contributed by atoms with Crippen molar-refractivity contribution in [2.45, 2.75) is 44.7 Å². The minimum atomic E-state index is -0.408. The highest BCUT2D eigenvalue weighted by Gasteiger charge is 2.33. The molecule has 0 aromatic heterocycles. The van der Waals surface area contributed by atoms with Crippen LogP contribution in [0.4, 0.5) is 0 Å². The molecule has 2 rings (SSSR count). The quantitative estimate of drug-likeness (QED) is 0.863. The van der Waals surface area contributed by atoms with Gasteiger partial charge in [-0.15, -0.1) is 12.4 Å². The highest BCUT2D eigenvalue weighted by Crippen LogP contribution is 2.38. The molecule has 0 aliphatic carbocycles. The van der Waals surface area contributed by atoms with Gasteiger partial charge >= 0.3 is 0 Å². The average Bonchev–Trinajstić information content (AvgIpc) is 3.02. The van der Waals surface area contributed by atoms with Crippen LogP contribution >= 0.6 is 12.4 Å². The maximum atomic E-state index is 12.6. The Morgan fingerprint density at radius 2 is 2.13 bits per heavy atom. The van der Waals surface area contributed by atoms with Crippen LogP contribution in [0.5, 0.6) is 11.5 Å². The van der Waals surface area contributed by atoms with E-state index in [-0.39, 0.29) is 24.4 Å². The lowest BCUT2D eigenvalue weighted by Gasteiger charge is -2.28. The summed E-state index contributed by atoms with van der Waals surface area (Å²) in [6.07, 6.45) is 3.57. The van der Waals surface area contributed by atoms with E-state index < -0.39 is 6.04 Å². The molecule has 0 radical (unpaired) electrons. The Morgan fingerprint density at radius 1 is 1.39 bits per heavy atom. The Bertz CT molecular complexity index is 525. The topological polar surface area (TPSA) is 64.8 Å². The summed E-state index contributed by atoms with van der Waals surface area (Å²) in [6.45, 7) is 2.80. The standard InChI is InChI=1S/C17H26N2O3.ClH/c1-4-6-14(18)17(20)19-10-5-7-15(19)13-9-8-12(21-2)11-16(13)22-3;/h8-9,11,14-15H,4-7,10,18H2,1-3H3;1H. The largest absolute Gasteiger partial charge is 0.497 e. The van der Waals surface area contributed by atoms with Crippen LogP contribution in [0.1, 0.15) is 44.2 Å². The molecule has 5 nitrogen and oxygen atoms in total. The second-order valence-corrected chi connectivity index (χ2v) is 5.69.